The smallest absolute Gasteiger partial charge is 0.435 e. The molecule has 4 nitrogen and oxygen atoms in total. The van der Waals surface area contributed by atoms with Crippen molar-refractivity contribution < 1.29 is 19.0 Å². The average Bonchev–Trinajstić information content (AvgIpc) is 2.52. The van der Waals surface area contributed by atoms with Gasteiger partial charge in [-0.25, -0.2) is 4.79 Å². The Kier molecular flexibility index (Phi) is 8.59. The lowest BCUT2D eigenvalue weighted by Gasteiger charge is -2.31. The van der Waals surface area contributed by atoms with Gasteiger partial charge in [0.2, 0.25) is 0 Å². The zero-order valence-corrected chi connectivity index (χ0v) is 16.3. The molecule has 0 saturated heterocycles. The molecule has 0 aliphatic carbocycles. The van der Waals surface area contributed by atoms with E-state index in [9.17, 15) is 4.79 Å². The average molecular weight is 349 g/mol. The molecule has 0 heterocycles. The van der Waals surface area contributed by atoms with E-state index in [4.69, 9.17) is 14.2 Å². The third-order valence-corrected chi connectivity index (χ3v) is 5.89. The van der Waals surface area contributed by atoms with Gasteiger partial charge in [-0.3, -0.25) is 0 Å². The van der Waals surface area contributed by atoms with Crippen LogP contribution in [-0.4, -0.2) is 33.5 Å². The van der Waals surface area contributed by atoms with Gasteiger partial charge in [0.25, 0.3) is 0 Å². The van der Waals surface area contributed by atoms with Crippen molar-refractivity contribution in [3.05, 3.63) is 35.9 Å². The molecule has 1 rings (SSSR count). The third kappa shape index (κ3) is 7.20. The molecule has 0 aromatic heterocycles. The van der Waals surface area contributed by atoms with E-state index in [-0.39, 0.29) is 12.1 Å². The Hall–Kier alpha value is -1.77. The van der Waals surface area contributed by atoms with Crippen LogP contribution in [0.1, 0.15) is 19.4 Å². The molecule has 0 aliphatic heterocycles. The maximum Gasteiger partial charge on any atom is 0.508 e. The van der Waals surface area contributed by atoms with Crippen molar-refractivity contribution >= 4 is 14.2 Å². The van der Waals surface area contributed by atoms with Crippen LogP contribution in [0.2, 0.25) is 25.2 Å². The molecule has 0 radical (unpaired) electrons. The normalized spacial score (nSPS) is 13.4. The number of ether oxygens (including phenoxy) is 3. The summed E-state index contributed by atoms with van der Waals surface area (Å²) >= 11 is 0. The first-order valence-corrected chi connectivity index (χ1v) is 11.8. The third-order valence-electron chi connectivity index (χ3n) is 3.51. The molecule has 0 unspecified atom stereocenters. The summed E-state index contributed by atoms with van der Waals surface area (Å²) in [7, 11) is -1.68. The summed E-state index contributed by atoms with van der Waals surface area (Å²) in [6, 6.07) is 9.91. The molecule has 0 N–H and O–H groups in total. The number of rotatable bonds is 8. The van der Waals surface area contributed by atoms with Crippen molar-refractivity contribution in [2.75, 3.05) is 13.2 Å². The Bertz CT molecular complexity index is 554. The first kappa shape index (κ1) is 20.3. The molecule has 5 heteroatoms. The Morgan fingerprint density at radius 1 is 1.21 bits per heavy atom. The number of benzene rings is 1. The number of hydrogen-bond acceptors (Lipinski definition) is 4. The van der Waals surface area contributed by atoms with Gasteiger partial charge in [-0.05, 0) is 19.4 Å². The zero-order valence-electron chi connectivity index (χ0n) is 15.3. The molecule has 0 amide bonds. The maximum absolute atomic E-state index is 11.8. The minimum atomic E-state index is -1.68. The van der Waals surface area contributed by atoms with Crippen LogP contribution in [0.4, 0.5) is 4.79 Å². The van der Waals surface area contributed by atoms with Gasteiger partial charge in [0.15, 0.2) is 0 Å². The fourth-order valence-corrected chi connectivity index (χ4v) is 4.22. The second-order valence-electron chi connectivity index (χ2n) is 6.58. The SMILES string of the molecule is CC#C[C@@H]([C@H](COCc1ccccc1)OC(=O)OCC)[Si](C)(C)C. The van der Waals surface area contributed by atoms with E-state index in [0.717, 1.165) is 5.56 Å². The highest BCUT2D eigenvalue weighted by molar-refractivity contribution is 6.78. The molecular formula is C19H28O4Si. The minimum Gasteiger partial charge on any atom is -0.435 e. The molecule has 2 atom stereocenters. The highest BCUT2D eigenvalue weighted by Crippen LogP contribution is 2.28. The Balaban J connectivity index is 2.78. The summed E-state index contributed by atoms with van der Waals surface area (Å²) in [6.45, 7) is 11.2. The van der Waals surface area contributed by atoms with Crippen LogP contribution in [0.25, 0.3) is 0 Å². The Morgan fingerprint density at radius 3 is 2.42 bits per heavy atom. The van der Waals surface area contributed by atoms with Gasteiger partial charge in [0, 0.05) is 0 Å². The number of carbonyl (C=O) groups excluding carboxylic acids is 1. The molecule has 24 heavy (non-hydrogen) atoms. The van der Waals surface area contributed by atoms with Crippen LogP contribution in [0, 0.1) is 11.8 Å². The van der Waals surface area contributed by atoms with Crippen molar-refractivity contribution in [3.63, 3.8) is 0 Å². The van der Waals surface area contributed by atoms with Crippen LogP contribution in [0.15, 0.2) is 30.3 Å². The minimum absolute atomic E-state index is 0.0114. The molecule has 0 saturated carbocycles. The highest BCUT2D eigenvalue weighted by atomic mass is 28.3. The lowest BCUT2D eigenvalue weighted by atomic mass is 10.2. The van der Waals surface area contributed by atoms with Crippen LogP contribution < -0.4 is 0 Å². The molecule has 0 fully saturated rings. The zero-order chi connectivity index (χ0) is 18.0. The lowest BCUT2D eigenvalue weighted by Crippen LogP contribution is -2.40. The first-order valence-electron chi connectivity index (χ1n) is 8.25. The fourth-order valence-electron chi connectivity index (χ4n) is 2.36. The highest BCUT2D eigenvalue weighted by Gasteiger charge is 2.35. The van der Waals surface area contributed by atoms with Gasteiger partial charge in [0.05, 0.1) is 33.4 Å². The predicted octanol–water partition coefficient (Wildman–Crippen LogP) is 4.48. The summed E-state index contributed by atoms with van der Waals surface area (Å²) in [5, 5.41) is 0. The van der Waals surface area contributed by atoms with E-state index in [1.54, 1.807) is 13.8 Å². The van der Waals surface area contributed by atoms with Gasteiger partial charge < -0.3 is 14.2 Å². The van der Waals surface area contributed by atoms with Gasteiger partial charge in [-0.1, -0.05) is 55.9 Å². The van der Waals surface area contributed by atoms with Crippen molar-refractivity contribution in [2.45, 2.75) is 51.7 Å². The van der Waals surface area contributed by atoms with Crippen molar-refractivity contribution in [3.8, 4) is 11.8 Å². The molecule has 0 aliphatic rings. The van der Waals surface area contributed by atoms with Crippen LogP contribution in [-0.2, 0) is 20.8 Å². The Morgan fingerprint density at radius 2 is 1.88 bits per heavy atom. The monoisotopic (exact) mass is 348 g/mol. The number of carbonyl (C=O) groups is 1. The summed E-state index contributed by atoms with van der Waals surface area (Å²) < 4.78 is 16.2. The fraction of sp³-hybridized carbons (Fsp3) is 0.526. The van der Waals surface area contributed by atoms with Crippen molar-refractivity contribution in [1.29, 1.82) is 0 Å². The van der Waals surface area contributed by atoms with Crippen LogP contribution >= 0.6 is 0 Å². The predicted molar refractivity (Wildman–Crippen MR) is 98.5 cm³/mol. The molecular weight excluding hydrogens is 320 g/mol. The van der Waals surface area contributed by atoms with E-state index >= 15 is 0 Å². The summed E-state index contributed by atoms with van der Waals surface area (Å²) in [5.41, 5.74) is 1.07. The van der Waals surface area contributed by atoms with E-state index in [2.05, 4.69) is 31.5 Å². The first-order chi connectivity index (χ1) is 11.4. The standard InChI is InChI=1S/C19H28O4Si/c1-6-11-18(24(3,4)5)17(23-19(20)22-7-2)15-21-14-16-12-9-8-10-13-16/h8-10,12-13,17-18H,7,14-15H2,1-5H3/t17-,18-/m0/s1. The molecule has 1 aromatic rings. The quantitative estimate of drug-likeness (QED) is 0.395. The maximum atomic E-state index is 11.8. The lowest BCUT2D eigenvalue weighted by molar-refractivity contribution is -0.0171. The summed E-state index contributed by atoms with van der Waals surface area (Å²) in [6.07, 6.45) is -1.08. The summed E-state index contributed by atoms with van der Waals surface area (Å²) in [4.78, 5) is 11.8. The second kappa shape index (κ2) is 10.2. The Labute approximate surface area is 146 Å². The van der Waals surface area contributed by atoms with Crippen molar-refractivity contribution in [2.24, 2.45) is 0 Å². The van der Waals surface area contributed by atoms with Gasteiger partial charge in [-0.15, -0.1) is 5.92 Å². The van der Waals surface area contributed by atoms with E-state index in [1.807, 2.05) is 30.3 Å². The van der Waals surface area contributed by atoms with Gasteiger partial charge in [-0.2, -0.15) is 0 Å². The largest absolute Gasteiger partial charge is 0.508 e. The molecule has 0 spiro atoms. The molecule has 0 bridgehead atoms. The van der Waals surface area contributed by atoms with E-state index in [1.165, 1.54) is 0 Å². The van der Waals surface area contributed by atoms with Gasteiger partial charge in [0.1, 0.15) is 6.10 Å². The van der Waals surface area contributed by atoms with E-state index in [0.29, 0.717) is 13.2 Å². The topological polar surface area (TPSA) is 44.8 Å². The summed E-state index contributed by atoms with van der Waals surface area (Å²) in [5.74, 6) is 6.18. The van der Waals surface area contributed by atoms with Crippen molar-refractivity contribution in [1.82, 2.24) is 0 Å². The number of hydrogen-bond donors (Lipinski definition) is 0. The molecule has 132 valence electrons. The van der Waals surface area contributed by atoms with Crippen LogP contribution in [0.5, 0.6) is 0 Å². The van der Waals surface area contributed by atoms with Crippen LogP contribution in [0.3, 0.4) is 0 Å². The second-order valence-corrected chi connectivity index (χ2v) is 11.9. The molecule has 1 aromatic carbocycles. The van der Waals surface area contributed by atoms with Gasteiger partial charge >= 0.3 is 6.16 Å². The van der Waals surface area contributed by atoms with E-state index < -0.39 is 20.3 Å².